The highest BCUT2D eigenvalue weighted by Crippen LogP contribution is 2.17. The quantitative estimate of drug-likeness (QED) is 0.885. The van der Waals surface area contributed by atoms with E-state index in [1.807, 2.05) is 19.1 Å². The molecule has 1 N–H and O–H groups in total. The van der Waals surface area contributed by atoms with Gasteiger partial charge < -0.3 is 5.32 Å². The Labute approximate surface area is 109 Å². The van der Waals surface area contributed by atoms with Gasteiger partial charge in [0.05, 0.1) is 6.07 Å². The van der Waals surface area contributed by atoms with Crippen LogP contribution in [0.5, 0.6) is 0 Å². The van der Waals surface area contributed by atoms with Crippen molar-refractivity contribution in [3.8, 4) is 6.07 Å². The summed E-state index contributed by atoms with van der Waals surface area (Å²) in [5, 5.41) is 11.6. The molecule has 96 valence electrons. The topological polar surface area (TPSA) is 52.9 Å². The van der Waals surface area contributed by atoms with Crippen molar-refractivity contribution in [3.63, 3.8) is 0 Å². The van der Waals surface area contributed by atoms with Crippen LogP contribution in [-0.4, -0.2) is 5.91 Å². The second kappa shape index (κ2) is 6.20. The Morgan fingerprint density at radius 3 is 2.56 bits per heavy atom. The van der Waals surface area contributed by atoms with E-state index >= 15 is 0 Å². The molecule has 0 bridgehead atoms. The number of nitrogens with zero attached hydrogens (tertiary/aromatic N) is 1. The molecule has 1 aromatic carbocycles. The van der Waals surface area contributed by atoms with Crippen LogP contribution in [0.15, 0.2) is 12.1 Å². The van der Waals surface area contributed by atoms with Crippen LogP contribution in [0, 0.1) is 38.0 Å². The van der Waals surface area contributed by atoms with Gasteiger partial charge in [0.25, 0.3) is 0 Å². The van der Waals surface area contributed by atoms with Gasteiger partial charge in [-0.3, -0.25) is 4.79 Å². The van der Waals surface area contributed by atoms with Crippen molar-refractivity contribution in [2.24, 2.45) is 5.92 Å². The van der Waals surface area contributed by atoms with E-state index < -0.39 is 5.92 Å². The molecule has 0 fully saturated rings. The van der Waals surface area contributed by atoms with Crippen LogP contribution >= 0.6 is 0 Å². The van der Waals surface area contributed by atoms with Crippen LogP contribution in [-0.2, 0) is 11.3 Å². The van der Waals surface area contributed by atoms with Crippen LogP contribution in [0.25, 0.3) is 0 Å². The van der Waals surface area contributed by atoms with E-state index in [2.05, 4.69) is 32.2 Å². The maximum absolute atomic E-state index is 11.7. The van der Waals surface area contributed by atoms with Crippen molar-refractivity contribution in [2.75, 3.05) is 0 Å². The van der Waals surface area contributed by atoms with E-state index in [1.165, 1.54) is 16.7 Å². The molecule has 0 spiro atoms. The van der Waals surface area contributed by atoms with Gasteiger partial charge in [0.15, 0.2) is 0 Å². The smallest absolute Gasteiger partial charge is 0.237 e. The van der Waals surface area contributed by atoms with E-state index in [1.54, 1.807) is 0 Å². The summed E-state index contributed by atoms with van der Waals surface area (Å²) in [5.74, 6) is -0.727. The summed E-state index contributed by atoms with van der Waals surface area (Å²) in [6.45, 7) is 8.55. The Kier molecular flexibility index (Phi) is 4.91. The lowest BCUT2D eigenvalue weighted by molar-refractivity contribution is -0.123. The van der Waals surface area contributed by atoms with Gasteiger partial charge in [0.1, 0.15) is 5.92 Å². The lowest BCUT2D eigenvalue weighted by Crippen LogP contribution is -2.29. The molecule has 0 aliphatic rings. The summed E-state index contributed by atoms with van der Waals surface area (Å²) < 4.78 is 0. The van der Waals surface area contributed by atoms with E-state index in [-0.39, 0.29) is 5.91 Å². The zero-order valence-electron chi connectivity index (χ0n) is 11.5. The zero-order valence-corrected chi connectivity index (χ0v) is 11.5. The molecule has 3 nitrogen and oxygen atoms in total. The minimum Gasteiger partial charge on any atom is -0.351 e. The van der Waals surface area contributed by atoms with Crippen LogP contribution < -0.4 is 5.32 Å². The molecular weight excluding hydrogens is 224 g/mol. The molecule has 0 aliphatic carbocycles. The molecule has 0 saturated carbocycles. The minimum atomic E-state index is -0.545. The molecule has 1 aromatic rings. The van der Waals surface area contributed by atoms with E-state index in [9.17, 15) is 4.79 Å². The maximum atomic E-state index is 11.7. The molecule has 0 aliphatic heterocycles. The first-order valence-electron chi connectivity index (χ1n) is 6.24. The highest BCUT2D eigenvalue weighted by Gasteiger charge is 2.15. The number of nitrogens with one attached hydrogen (secondary N) is 1. The molecule has 1 amide bonds. The Balaban J connectivity index is 2.74. The summed E-state index contributed by atoms with van der Waals surface area (Å²) in [6, 6.07) is 6.10. The first-order valence-corrected chi connectivity index (χ1v) is 6.24. The number of nitriles is 1. The third kappa shape index (κ3) is 3.10. The van der Waals surface area contributed by atoms with Gasteiger partial charge in [0.2, 0.25) is 5.91 Å². The standard InChI is InChI=1S/C15H20N2O/c1-5-13(8-16)15(18)17-9-14-7-6-10(2)11(3)12(14)4/h6-7,13H,5,9H2,1-4H3,(H,17,18). The lowest BCUT2D eigenvalue weighted by atomic mass is 9.98. The van der Waals surface area contributed by atoms with Crippen LogP contribution in [0.3, 0.4) is 0 Å². The van der Waals surface area contributed by atoms with Crippen molar-refractivity contribution in [1.82, 2.24) is 5.32 Å². The number of carbonyl (C=O) groups is 1. The highest BCUT2D eigenvalue weighted by molar-refractivity contribution is 5.80. The number of hydrogen-bond acceptors (Lipinski definition) is 2. The summed E-state index contributed by atoms with van der Waals surface area (Å²) in [7, 11) is 0. The van der Waals surface area contributed by atoms with Crippen molar-refractivity contribution < 1.29 is 4.79 Å². The maximum Gasteiger partial charge on any atom is 0.237 e. The number of rotatable bonds is 4. The summed E-state index contributed by atoms with van der Waals surface area (Å²) in [6.07, 6.45) is 0.550. The van der Waals surface area contributed by atoms with Gasteiger partial charge in [0, 0.05) is 6.54 Å². The molecule has 3 heteroatoms. The molecule has 18 heavy (non-hydrogen) atoms. The Morgan fingerprint density at radius 1 is 1.33 bits per heavy atom. The van der Waals surface area contributed by atoms with Crippen LogP contribution in [0.1, 0.15) is 35.6 Å². The fraction of sp³-hybridized carbons (Fsp3) is 0.467. The molecule has 1 atom stereocenters. The van der Waals surface area contributed by atoms with E-state index in [0.717, 1.165) is 5.56 Å². The predicted octanol–water partition coefficient (Wildman–Crippen LogP) is 2.78. The van der Waals surface area contributed by atoms with Crippen LogP contribution in [0.2, 0.25) is 0 Å². The van der Waals surface area contributed by atoms with Gasteiger partial charge in [-0.15, -0.1) is 0 Å². The van der Waals surface area contributed by atoms with Crippen molar-refractivity contribution >= 4 is 5.91 Å². The highest BCUT2D eigenvalue weighted by atomic mass is 16.1. The number of hydrogen-bond donors (Lipinski definition) is 1. The molecule has 0 saturated heterocycles. The second-order valence-electron chi connectivity index (χ2n) is 4.60. The number of carbonyl (C=O) groups excluding carboxylic acids is 1. The molecule has 0 heterocycles. The van der Waals surface area contributed by atoms with Gasteiger partial charge in [-0.2, -0.15) is 5.26 Å². The second-order valence-corrected chi connectivity index (χ2v) is 4.60. The molecular formula is C15H20N2O. The first kappa shape index (κ1) is 14.2. The summed E-state index contributed by atoms with van der Waals surface area (Å²) in [5.41, 5.74) is 4.83. The van der Waals surface area contributed by atoms with Gasteiger partial charge in [-0.25, -0.2) is 0 Å². The first-order chi connectivity index (χ1) is 8.51. The van der Waals surface area contributed by atoms with Gasteiger partial charge in [-0.05, 0) is 49.4 Å². The monoisotopic (exact) mass is 244 g/mol. The molecule has 1 rings (SSSR count). The van der Waals surface area contributed by atoms with Crippen molar-refractivity contribution in [3.05, 3.63) is 34.4 Å². The van der Waals surface area contributed by atoms with Gasteiger partial charge >= 0.3 is 0 Å². The largest absolute Gasteiger partial charge is 0.351 e. The molecule has 1 unspecified atom stereocenters. The summed E-state index contributed by atoms with van der Waals surface area (Å²) >= 11 is 0. The van der Waals surface area contributed by atoms with E-state index in [0.29, 0.717) is 13.0 Å². The fourth-order valence-electron chi connectivity index (χ4n) is 1.84. The molecule has 0 aromatic heterocycles. The number of aryl methyl sites for hydroxylation is 1. The van der Waals surface area contributed by atoms with Crippen LogP contribution in [0.4, 0.5) is 0 Å². The third-order valence-corrected chi connectivity index (χ3v) is 3.50. The SMILES string of the molecule is CCC(C#N)C(=O)NCc1ccc(C)c(C)c1C. The predicted molar refractivity (Wildman–Crippen MR) is 71.9 cm³/mol. The zero-order chi connectivity index (χ0) is 13.7. The lowest BCUT2D eigenvalue weighted by Gasteiger charge is -2.13. The van der Waals surface area contributed by atoms with E-state index in [4.69, 9.17) is 5.26 Å². The van der Waals surface area contributed by atoms with Crippen molar-refractivity contribution in [1.29, 1.82) is 5.26 Å². The average Bonchev–Trinajstić information content (AvgIpc) is 2.36. The van der Waals surface area contributed by atoms with Gasteiger partial charge in [-0.1, -0.05) is 19.1 Å². The third-order valence-electron chi connectivity index (χ3n) is 3.50. The summed E-state index contributed by atoms with van der Waals surface area (Å²) in [4.78, 5) is 11.7. The fourth-order valence-corrected chi connectivity index (χ4v) is 1.84. The number of amides is 1. The Hall–Kier alpha value is -1.82. The van der Waals surface area contributed by atoms with Crippen molar-refractivity contribution in [2.45, 2.75) is 40.7 Å². The Bertz CT molecular complexity index is 486. The number of benzene rings is 1. The normalized spacial score (nSPS) is 11.7. The minimum absolute atomic E-state index is 0.183. The Morgan fingerprint density at radius 2 is 2.00 bits per heavy atom. The molecule has 0 radical (unpaired) electrons. The average molecular weight is 244 g/mol.